The van der Waals surface area contributed by atoms with Gasteiger partial charge in [-0.25, -0.2) is 0 Å². The third-order valence-electron chi connectivity index (χ3n) is 1.19. The number of unbranched alkanes of at least 4 members (excludes halogenated alkanes) is 2. The van der Waals surface area contributed by atoms with Gasteiger partial charge in [-0.3, -0.25) is 0 Å². The lowest BCUT2D eigenvalue weighted by Gasteiger charge is -1.90. The van der Waals surface area contributed by atoms with Gasteiger partial charge in [0, 0.05) is 13.0 Å². The van der Waals surface area contributed by atoms with E-state index >= 15 is 0 Å². The molecule has 2 nitrogen and oxygen atoms in total. The van der Waals surface area contributed by atoms with Gasteiger partial charge in [-0.1, -0.05) is 11.8 Å². The summed E-state index contributed by atoms with van der Waals surface area (Å²) in [6.07, 6.45) is 7.54. The maximum absolute atomic E-state index is 8.44. The summed E-state index contributed by atoms with van der Waals surface area (Å²) < 4.78 is 4.93. The molecule has 0 heterocycles. The molecule has 0 spiro atoms. The van der Waals surface area contributed by atoms with E-state index in [2.05, 4.69) is 17.8 Å². The minimum atomic E-state index is 0.245. The van der Waals surface area contributed by atoms with Crippen molar-refractivity contribution >= 4 is 0 Å². The van der Waals surface area contributed by atoms with Gasteiger partial charge in [-0.05, 0) is 12.8 Å². The van der Waals surface area contributed by atoms with Crippen molar-refractivity contribution in [3.8, 4) is 24.2 Å². The summed E-state index contributed by atoms with van der Waals surface area (Å²) >= 11 is 0. The summed E-state index contributed by atoms with van der Waals surface area (Å²) in [6, 6.07) is 0. The molecule has 0 amide bonds. The van der Waals surface area contributed by atoms with E-state index in [9.17, 15) is 0 Å². The van der Waals surface area contributed by atoms with Crippen molar-refractivity contribution in [1.82, 2.24) is 0 Å². The fraction of sp³-hybridized carbons (Fsp3) is 0.600. The van der Waals surface area contributed by atoms with Crippen LogP contribution in [0.2, 0.25) is 0 Å². The Kier molecular flexibility index (Phi) is 9.24. The molecule has 0 aliphatic rings. The van der Waals surface area contributed by atoms with Crippen LogP contribution in [0.3, 0.4) is 0 Å². The average molecular weight is 166 g/mol. The van der Waals surface area contributed by atoms with E-state index in [1.54, 1.807) is 0 Å². The number of ether oxygens (including phenoxy) is 1. The van der Waals surface area contributed by atoms with Crippen LogP contribution < -0.4 is 0 Å². The predicted molar refractivity (Wildman–Crippen MR) is 48.4 cm³/mol. The standard InChI is InChI=1S/C10H14O2/c1-2-9-12-10-7-5-3-4-6-8-11/h1,11H,3-4,6,8-10H2. The molecule has 66 valence electrons. The Bertz CT molecular complexity index is 180. The Labute approximate surface area is 73.9 Å². The van der Waals surface area contributed by atoms with Crippen LogP contribution in [0.15, 0.2) is 0 Å². The first-order valence-electron chi connectivity index (χ1n) is 3.99. The van der Waals surface area contributed by atoms with E-state index in [-0.39, 0.29) is 6.61 Å². The first-order valence-corrected chi connectivity index (χ1v) is 3.99. The molecule has 0 radical (unpaired) electrons. The normalized spacial score (nSPS) is 8.33. The number of aliphatic hydroxyl groups excluding tert-OH is 1. The van der Waals surface area contributed by atoms with Gasteiger partial charge in [-0.2, -0.15) is 0 Å². The van der Waals surface area contributed by atoms with Crippen molar-refractivity contribution in [2.75, 3.05) is 19.8 Å². The zero-order valence-corrected chi connectivity index (χ0v) is 7.18. The van der Waals surface area contributed by atoms with Gasteiger partial charge in [0.25, 0.3) is 0 Å². The van der Waals surface area contributed by atoms with Gasteiger partial charge < -0.3 is 9.84 Å². The largest absolute Gasteiger partial charge is 0.396 e. The van der Waals surface area contributed by atoms with E-state index < -0.39 is 0 Å². The van der Waals surface area contributed by atoms with E-state index in [4.69, 9.17) is 16.3 Å². The predicted octanol–water partition coefficient (Wildman–Crippen LogP) is 0.802. The molecule has 0 unspecified atom stereocenters. The van der Waals surface area contributed by atoms with Crippen LogP contribution in [0.4, 0.5) is 0 Å². The van der Waals surface area contributed by atoms with Crippen molar-refractivity contribution in [2.24, 2.45) is 0 Å². The molecule has 0 bridgehead atoms. The molecule has 0 saturated heterocycles. The van der Waals surface area contributed by atoms with Crippen LogP contribution in [-0.4, -0.2) is 24.9 Å². The first kappa shape index (κ1) is 11.0. The highest BCUT2D eigenvalue weighted by Gasteiger charge is 1.81. The molecule has 0 aliphatic heterocycles. The Morgan fingerprint density at radius 2 is 2.00 bits per heavy atom. The SMILES string of the molecule is C#CCOCC#CCCCCO. The van der Waals surface area contributed by atoms with Crippen LogP contribution in [-0.2, 0) is 4.74 Å². The Morgan fingerprint density at radius 3 is 2.67 bits per heavy atom. The smallest absolute Gasteiger partial charge is 0.109 e. The quantitative estimate of drug-likeness (QED) is 0.483. The average Bonchev–Trinajstić information content (AvgIpc) is 2.10. The summed E-state index contributed by atoms with van der Waals surface area (Å²) in [7, 11) is 0. The highest BCUT2D eigenvalue weighted by atomic mass is 16.5. The molecule has 0 rings (SSSR count). The Balaban J connectivity index is 3.07. The number of rotatable bonds is 5. The number of aliphatic hydroxyl groups is 1. The summed E-state index contributed by atoms with van der Waals surface area (Å²) in [5.41, 5.74) is 0. The highest BCUT2D eigenvalue weighted by Crippen LogP contribution is 1.90. The second kappa shape index (κ2) is 10.0. The molecular weight excluding hydrogens is 152 g/mol. The second-order valence-electron chi connectivity index (χ2n) is 2.23. The van der Waals surface area contributed by atoms with Crippen molar-refractivity contribution < 1.29 is 9.84 Å². The fourth-order valence-corrected chi connectivity index (χ4v) is 0.626. The van der Waals surface area contributed by atoms with Crippen molar-refractivity contribution in [3.05, 3.63) is 0 Å². The summed E-state index contributed by atoms with van der Waals surface area (Å²) in [6.45, 7) is 0.976. The minimum Gasteiger partial charge on any atom is -0.396 e. The maximum atomic E-state index is 8.44. The molecule has 0 saturated carbocycles. The zero-order chi connectivity index (χ0) is 9.07. The maximum Gasteiger partial charge on any atom is 0.109 e. The lowest BCUT2D eigenvalue weighted by atomic mass is 10.2. The minimum absolute atomic E-state index is 0.245. The second-order valence-corrected chi connectivity index (χ2v) is 2.23. The van der Waals surface area contributed by atoms with Gasteiger partial charge in [-0.15, -0.1) is 12.3 Å². The topological polar surface area (TPSA) is 29.5 Å². The summed E-state index contributed by atoms with van der Waals surface area (Å²) in [5.74, 6) is 8.11. The van der Waals surface area contributed by atoms with E-state index in [1.807, 2.05) is 0 Å². The van der Waals surface area contributed by atoms with Crippen LogP contribution >= 0.6 is 0 Å². The molecule has 1 N–H and O–H groups in total. The molecule has 0 fully saturated rings. The third kappa shape index (κ3) is 9.04. The van der Waals surface area contributed by atoms with E-state index in [1.165, 1.54) is 0 Å². The molecular formula is C10H14O2. The van der Waals surface area contributed by atoms with Crippen LogP contribution in [0.5, 0.6) is 0 Å². The van der Waals surface area contributed by atoms with Gasteiger partial charge in [0.2, 0.25) is 0 Å². The van der Waals surface area contributed by atoms with E-state index in [0.717, 1.165) is 19.3 Å². The fourth-order valence-electron chi connectivity index (χ4n) is 0.626. The third-order valence-corrected chi connectivity index (χ3v) is 1.19. The zero-order valence-electron chi connectivity index (χ0n) is 7.18. The van der Waals surface area contributed by atoms with Gasteiger partial charge in [0.1, 0.15) is 13.2 Å². The van der Waals surface area contributed by atoms with Crippen LogP contribution in [0.25, 0.3) is 0 Å². The number of hydrogen-bond donors (Lipinski definition) is 1. The molecule has 0 aliphatic carbocycles. The Morgan fingerprint density at radius 1 is 1.17 bits per heavy atom. The molecule has 0 aromatic carbocycles. The van der Waals surface area contributed by atoms with E-state index in [0.29, 0.717) is 13.2 Å². The van der Waals surface area contributed by atoms with Crippen molar-refractivity contribution in [2.45, 2.75) is 19.3 Å². The lowest BCUT2D eigenvalue weighted by molar-refractivity contribution is 0.204. The molecule has 0 aromatic heterocycles. The Hall–Kier alpha value is -0.960. The highest BCUT2D eigenvalue weighted by molar-refractivity contribution is 4.99. The van der Waals surface area contributed by atoms with Gasteiger partial charge in [0.15, 0.2) is 0 Å². The van der Waals surface area contributed by atoms with Crippen LogP contribution in [0.1, 0.15) is 19.3 Å². The summed E-state index contributed by atoms with van der Waals surface area (Å²) in [4.78, 5) is 0. The van der Waals surface area contributed by atoms with Crippen molar-refractivity contribution in [3.63, 3.8) is 0 Å². The summed E-state index contributed by atoms with van der Waals surface area (Å²) in [5, 5.41) is 8.44. The van der Waals surface area contributed by atoms with Gasteiger partial charge in [0.05, 0.1) is 0 Å². The number of hydrogen-bond acceptors (Lipinski definition) is 2. The molecule has 2 heteroatoms. The van der Waals surface area contributed by atoms with Gasteiger partial charge >= 0.3 is 0 Å². The first-order chi connectivity index (χ1) is 5.91. The lowest BCUT2D eigenvalue weighted by Crippen LogP contribution is -1.90. The van der Waals surface area contributed by atoms with Crippen LogP contribution in [0, 0.1) is 24.2 Å². The number of terminal acetylenes is 1. The molecule has 0 atom stereocenters. The monoisotopic (exact) mass is 166 g/mol. The van der Waals surface area contributed by atoms with Crippen molar-refractivity contribution in [1.29, 1.82) is 0 Å². The molecule has 12 heavy (non-hydrogen) atoms. The molecule has 0 aromatic rings.